The van der Waals surface area contributed by atoms with E-state index in [2.05, 4.69) is 15.8 Å². The smallest absolute Gasteiger partial charge is 0.239 e. The van der Waals surface area contributed by atoms with E-state index in [1.165, 1.54) is 6.92 Å². The fourth-order valence-electron chi connectivity index (χ4n) is 2.57. The molecule has 3 rings (SSSR count). The van der Waals surface area contributed by atoms with E-state index >= 15 is 0 Å². The predicted molar refractivity (Wildman–Crippen MR) is 105 cm³/mol. The zero-order valence-corrected chi connectivity index (χ0v) is 15.6. The van der Waals surface area contributed by atoms with Gasteiger partial charge in [0.05, 0.1) is 11.7 Å². The summed E-state index contributed by atoms with van der Waals surface area (Å²) < 4.78 is 0. The molecule has 1 aliphatic rings. The molecule has 0 unspecified atom stereocenters. The Kier molecular flexibility index (Phi) is 5.23. The summed E-state index contributed by atoms with van der Waals surface area (Å²) in [6, 6.07) is 15.4. The summed E-state index contributed by atoms with van der Waals surface area (Å²) in [5, 5.41) is 7.18. The predicted octanol–water partition coefficient (Wildman–Crippen LogP) is 3.44. The van der Waals surface area contributed by atoms with Crippen LogP contribution in [-0.4, -0.2) is 28.6 Å². The molecule has 2 N–H and O–H groups in total. The quantitative estimate of drug-likeness (QED) is 0.797. The standard InChI is InChI=1S/C19H20ClN5O/c1-12(2)25-19(23-22-13(3)26)21-17-10-9-15(20)11-16(17)18(24-25)14-7-5-4-6-8-14/h4-12H,1-3H3,(H,21,23)(H,22,26). The van der Waals surface area contributed by atoms with Gasteiger partial charge in [-0.15, -0.1) is 0 Å². The molecule has 0 saturated heterocycles. The number of nitrogens with one attached hydrogen (secondary N) is 2. The highest BCUT2D eigenvalue weighted by atomic mass is 35.5. The fourth-order valence-corrected chi connectivity index (χ4v) is 2.74. The van der Waals surface area contributed by atoms with Crippen molar-refractivity contribution in [1.82, 2.24) is 15.9 Å². The minimum Gasteiger partial charge on any atom is -0.274 e. The van der Waals surface area contributed by atoms with Gasteiger partial charge in [0.25, 0.3) is 0 Å². The Bertz CT molecular complexity index is 877. The number of aliphatic imine (C=N–C) groups is 1. The minimum absolute atomic E-state index is 0.0125. The molecule has 6 nitrogen and oxygen atoms in total. The van der Waals surface area contributed by atoms with Gasteiger partial charge >= 0.3 is 0 Å². The topological polar surface area (TPSA) is 69.1 Å². The molecule has 0 radical (unpaired) electrons. The van der Waals surface area contributed by atoms with E-state index in [-0.39, 0.29) is 11.9 Å². The molecule has 2 aromatic rings. The molecule has 0 atom stereocenters. The van der Waals surface area contributed by atoms with Crippen LogP contribution >= 0.6 is 11.6 Å². The lowest BCUT2D eigenvalue weighted by molar-refractivity contribution is -0.119. The summed E-state index contributed by atoms with van der Waals surface area (Å²) in [4.78, 5) is 16.0. The van der Waals surface area contributed by atoms with E-state index in [0.29, 0.717) is 16.7 Å². The second kappa shape index (κ2) is 7.58. The average Bonchev–Trinajstić information content (AvgIpc) is 2.77. The van der Waals surface area contributed by atoms with Crippen molar-refractivity contribution in [2.24, 2.45) is 10.1 Å². The van der Waals surface area contributed by atoms with Crippen LogP contribution in [0.3, 0.4) is 0 Å². The van der Waals surface area contributed by atoms with Crippen LogP contribution < -0.4 is 10.9 Å². The van der Waals surface area contributed by atoms with Gasteiger partial charge in [0.1, 0.15) is 5.71 Å². The third-order valence-corrected chi connectivity index (χ3v) is 3.99. The van der Waals surface area contributed by atoms with Crippen molar-refractivity contribution in [2.75, 3.05) is 0 Å². The molecule has 1 aliphatic heterocycles. The van der Waals surface area contributed by atoms with Crippen LogP contribution in [0.15, 0.2) is 58.6 Å². The summed E-state index contributed by atoms with van der Waals surface area (Å²) >= 11 is 6.23. The summed E-state index contributed by atoms with van der Waals surface area (Å²) in [7, 11) is 0. The van der Waals surface area contributed by atoms with Crippen molar-refractivity contribution in [1.29, 1.82) is 0 Å². The lowest BCUT2D eigenvalue weighted by Crippen LogP contribution is -2.49. The van der Waals surface area contributed by atoms with Crippen LogP contribution in [0.5, 0.6) is 0 Å². The molecule has 1 amide bonds. The molecule has 26 heavy (non-hydrogen) atoms. The molecule has 1 heterocycles. The molecule has 0 bridgehead atoms. The molecule has 0 spiro atoms. The monoisotopic (exact) mass is 369 g/mol. The van der Waals surface area contributed by atoms with Gasteiger partial charge < -0.3 is 0 Å². The van der Waals surface area contributed by atoms with Gasteiger partial charge in [-0.05, 0) is 32.0 Å². The Balaban J connectivity index is 2.18. The SMILES string of the molecule is CC(=O)NNC1=Nc2ccc(Cl)cc2C(c2ccccc2)=NN1C(C)C. The zero-order valence-electron chi connectivity index (χ0n) is 14.8. The van der Waals surface area contributed by atoms with Gasteiger partial charge in [0, 0.05) is 23.1 Å². The maximum atomic E-state index is 11.3. The van der Waals surface area contributed by atoms with Crippen molar-refractivity contribution in [3.63, 3.8) is 0 Å². The van der Waals surface area contributed by atoms with Gasteiger partial charge in [0.2, 0.25) is 11.9 Å². The highest BCUT2D eigenvalue weighted by Gasteiger charge is 2.23. The normalized spacial score (nSPS) is 13.5. The van der Waals surface area contributed by atoms with E-state index in [1.807, 2.05) is 56.3 Å². The number of hydrogen-bond acceptors (Lipinski definition) is 5. The Hall–Kier alpha value is -2.86. The lowest BCUT2D eigenvalue weighted by atomic mass is 10.0. The molecule has 0 fully saturated rings. The summed E-state index contributed by atoms with van der Waals surface area (Å²) in [5.41, 5.74) is 8.69. The highest BCUT2D eigenvalue weighted by Crippen LogP contribution is 2.29. The highest BCUT2D eigenvalue weighted by molar-refractivity contribution is 6.31. The van der Waals surface area contributed by atoms with Gasteiger partial charge in [-0.1, -0.05) is 41.9 Å². The van der Waals surface area contributed by atoms with Gasteiger partial charge in [0.15, 0.2) is 0 Å². The number of hydrazone groups is 1. The Morgan fingerprint density at radius 2 is 1.88 bits per heavy atom. The number of nitrogens with zero attached hydrogens (tertiary/aromatic N) is 3. The maximum absolute atomic E-state index is 11.3. The van der Waals surface area contributed by atoms with E-state index in [0.717, 1.165) is 16.8 Å². The van der Waals surface area contributed by atoms with Crippen LogP contribution in [-0.2, 0) is 4.79 Å². The number of rotatable bonds is 2. The molecule has 7 heteroatoms. The first-order valence-corrected chi connectivity index (χ1v) is 8.68. The summed E-state index contributed by atoms with van der Waals surface area (Å²) in [6.07, 6.45) is 0. The summed E-state index contributed by atoms with van der Waals surface area (Å²) in [6.45, 7) is 5.43. The molecular weight excluding hydrogens is 350 g/mol. The van der Waals surface area contributed by atoms with Crippen LogP contribution in [0, 0.1) is 0 Å². The number of hydrazine groups is 1. The van der Waals surface area contributed by atoms with Crippen molar-refractivity contribution in [2.45, 2.75) is 26.8 Å². The molecular formula is C19H20ClN5O. The molecule has 0 aliphatic carbocycles. The van der Waals surface area contributed by atoms with Crippen molar-refractivity contribution in [3.05, 3.63) is 64.7 Å². The minimum atomic E-state index is -0.218. The number of guanidine groups is 1. The first kappa shape index (κ1) is 17.9. The number of benzene rings is 2. The molecule has 2 aromatic carbocycles. The van der Waals surface area contributed by atoms with Gasteiger partial charge in [-0.3, -0.25) is 15.6 Å². The molecule has 134 valence electrons. The van der Waals surface area contributed by atoms with E-state index < -0.39 is 0 Å². The van der Waals surface area contributed by atoms with Gasteiger partial charge in [-0.25, -0.2) is 10.0 Å². The lowest BCUT2D eigenvalue weighted by Gasteiger charge is -2.25. The largest absolute Gasteiger partial charge is 0.274 e. The fraction of sp³-hybridized carbons (Fsp3) is 0.211. The van der Waals surface area contributed by atoms with E-state index in [9.17, 15) is 4.79 Å². The average molecular weight is 370 g/mol. The van der Waals surface area contributed by atoms with Crippen molar-refractivity contribution in [3.8, 4) is 0 Å². The maximum Gasteiger partial charge on any atom is 0.239 e. The molecule has 0 aromatic heterocycles. The Labute approximate surface area is 157 Å². The third kappa shape index (κ3) is 3.86. The number of hydrogen-bond donors (Lipinski definition) is 2. The first-order valence-electron chi connectivity index (χ1n) is 8.30. The third-order valence-electron chi connectivity index (χ3n) is 3.75. The number of amides is 1. The molecule has 0 saturated carbocycles. The van der Waals surface area contributed by atoms with Crippen LogP contribution in [0.2, 0.25) is 5.02 Å². The Morgan fingerprint density at radius 1 is 1.15 bits per heavy atom. The van der Waals surface area contributed by atoms with Crippen molar-refractivity contribution >= 4 is 34.9 Å². The van der Waals surface area contributed by atoms with E-state index in [4.69, 9.17) is 16.7 Å². The van der Waals surface area contributed by atoms with E-state index in [1.54, 1.807) is 11.1 Å². The second-order valence-electron chi connectivity index (χ2n) is 6.16. The van der Waals surface area contributed by atoms with Crippen LogP contribution in [0.1, 0.15) is 31.9 Å². The van der Waals surface area contributed by atoms with Crippen molar-refractivity contribution < 1.29 is 4.79 Å². The number of carbonyl (C=O) groups is 1. The zero-order chi connectivity index (χ0) is 18.7. The number of carbonyl (C=O) groups excluding carboxylic acids is 1. The first-order chi connectivity index (χ1) is 12.5. The Morgan fingerprint density at radius 3 is 2.54 bits per heavy atom. The van der Waals surface area contributed by atoms with Crippen LogP contribution in [0.4, 0.5) is 5.69 Å². The number of fused-ring (bicyclic) bond motifs is 1. The second-order valence-corrected chi connectivity index (χ2v) is 6.59. The van der Waals surface area contributed by atoms with Gasteiger partial charge in [-0.2, -0.15) is 5.10 Å². The number of halogens is 1. The van der Waals surface area contributed by atoms with Crippen LogP contribution in [0.25, 0.3) is 0 Å². The summed E-state index contributed by atoms with van der Waals surface area (Å²) in [5.74, 6) is 0.217.